The van der Waals surface area contributed by atoms with Gasteiger partial charge in [0, 0.05) is 11.4 Å². The van der Waals surface area contributed by atoms with Crippen LogP contribution in [0.25, 0.3) is 11.5 Å². The zero-order valence-electron chi connectivity index (χ0n) is 38.7. The molecule has 5 amide bonds. The number of likely N-dealkylation sites (tertiary alicyclic amines) is 1. The molecular weight excluding hydrogens is 909 g/mol. The van der Waals surface area contributed by atoms with E-state index in [-0.39, 0.29) is 32.2 Å². The van der Waals surface area contributed by atoms with Gasteiger partial charge in [0.15, 0.2) is 28.2 Å². The summed E-state index contributed by atoms with van der Waals surface area (Å²) in [5, 5.41) is 24.2. The summed E-state index contributed by atoms with van der Waals surface area (Å²) in [6.45, 7) is 17.6. The summed E-state index contributed by atoms with van der Waals surface area (Å²) in [5.74, 6) is -2.71. The number of nitrogens with one attached hydrogen (secondary N) is 3. The molecule has 0 aliphatic carbocycles. The average Bonchev–Trinajstić information content (AvgIpc) is 3.78. The van der Waals surface area contributed by atoms with Gasteiger partial charge in [-0.3, -0.25) is 24.4 Å². The average molecular weight is 967 g/mol. The molecule has 0 saturated carbocycles. The Morgan fingerprint density at radius 3 is 2.17 bits per heavy atom. The number of amides is 5. The Balaban J connectivity index is 1.55. The van der Waals surface area contributed by atoms with Crippen molar-refractivity contribution in [3.63, 3.8) is 0 Å². The molecule has 2 atom stereocenters. The van der Waals surface area contributed by atoms with E-state index in [9.17, 15) is 42.3 Å². The Labute approximate surface area is 385 Å². The largest absolute Gasteiger partial charge is 0.490 e. The molecule has 0 spiro atoms. The van der Waals surface area contributed by atoms with Crippen LogP contribution in [0.1, 0.15) is 108 Å². The van der Waals surface area contributed by atoms with Crippen molar-refractivity contribution in [3.05, 3.63) is 33.8 Å². The molecule has 0 aromatic carbocycles. The van der Waals surface area contributed by atoms with E-state index in [1.54, 1.807) is 46.3 Å². The minimum atomic E-state index is -5.17. The van der Waals surface area contributed by atoms with Crippen LogP contribution in [0, 0.1) is 0 Å². The zero-order valence-corrected chi connectivity index (χ0v) is 40.4. The Bertz CT molecular complexity index is 2460. The number of β-lactam (4-membered cyclic amide) rings is 1. The fourth-order valence-electron chi connectivity index (χ4n) is 5.36. The molecule has 1 aliphatic heterocycles. The molecule has 1 saturated heterocycles. The summed E-state index contributed by atoms with van der Waals surface area (Å²) in [5.41, 5.74) is -5.51. The van der Waals surface area contributed by atoms with E-state index >= 15 is 0 Å². The molecule has 4 N–H and O–H groups in total. The van der Waals surface area contributed by atoms with Gasteiger partial charge in [-0.2, -0.15) is 8.42 Å². The molecule has 3 aromatic heterocycles. The quantitative estimate of drug-likeness (QED) is 0.0415. The highest BCUT2D eigenvalue weighted by Gasteiger charge is 2.44. The van der Waals surface area contributed by atoms with Gasteiger partial charge in [-0.1, -0.05) is 35.9 Å². The van der Waals surface area contributed by atoms with Gasteiger partial charge in [-0.05, 0) is 75.2 Å². The van der Waals surface area contributed by atoms with Crippen LogP contribution in [-0.4, -0.2) is 126 Å². The number of rotatable bonds is 20. The molecule has 26 heteroatoms. The lowest BCUT2D eigenvalue weighted by Gasteiger charge is -2.36. The monoisotopic (exact) mass is 966 g/mol. The number of thiazole rings is 1. The highest BCUT2D eigenvalue weighted by Crippen LogP contribution is 2.31. The number of carbonyl (C=O) groups is 5. The first-order valence-corrected chi connectivity index (χ1v) is 23.3. The minimum Gasteiger partial charge on any atom is -0.490 e. The van der Waals surface area contributed by atoms with Crippen molar-refractivity contribution >= 4 is 62.3 Å². The molecule has 3 aromatic rings. The van der Waals surface area contributed by atoms with E-state index in [0.717, 1.165) is 35.2 Å². The van der Waals surface area contributed by atoms with Crippen LogP contribution >= 0.6 is 11.3 Å². The van der Waals surface area contributed by atoms with Crippen molar-refractivity contribution in [2.75, 3.05) is 25.1 Å². The molecule has 364 valence electrons. The maximum absolute atomic E-state index is 13.7. The third-order valence-electron chi connectivity index (χ3n) is 8.60. The molecule has 4 heterocycles. The number of aliphatic hydroxyl groups is 1. The fourth-order valence-corrected chi connectivity index (χ4v) is 6.94. The third-order valence-corrected chi connectivity index (χ3v) is 10.5. The van der Waals surface area contributed by atoms with E-state index in [1.807, 2.05) is 13.8 Å². The second kappa shape index (κ2) is 21.4. The van der Waals surface area contributed by atoms with Crippen molar-refractivity contribution in [1.29, 1.82) is 0 Å². The topological polar surface area (TPSA) is 303 Å². The molecule has 0 unspecified atom stereocenters. The smallest absolute Gasteiger partial charge is 0.413 e. The lowest BCUT2D eigenvalue weighted by Crippen LogP contribution is -2.68. The van der Waals surface area contributed by atoms with Crippen LogP contribution in [0.3, 0.4) is 0 Å². The maximum atomic E-state index is 13.7. The highest BCUT2D eigenvalue weighted by atomic mass is 32.2. The highest BCUT2D eigenvalue weighted by molar-refractivity contribution is 7.88. The number of urea groups is 1. The van der Waals surface area contributed by atoms with Crippen LogP contribution in [-0.2, 0) is 45.4 Å². The predicted octanol–water partition coefficient (Wildman–Crippen LogP) is 3.32. The summed E-state index contributed by atoms with van der Waals surface area (Å²) in [7, 11) is -5.17. The van der Waals surface area contributed by atoms with Gasteiger partial charge in [-0.15, -0.1) is 16.4 Å². The fraction of sp³-hybridized carbons (Fsp3) is 0.600. The number of hydrogen-bond donors (Lipinski definition) is 4. The Morgan fingerprint density at radius 2 is 1.59 bits per heavy atom. The predicted molar refractivity (Wildman–Crippen MR) is 238 cm³/mol. The van der Waals surface area contributed by atoms with Crippen molar-refractivity contribution in [3.8, 4) is 23.0 Å². The summed E-state index contributed by atoms with van der Waals surface area (Å²) in [6.07, 6.45) is 2.50. The van der Waals surface area contributed by atoms with Crippen molar-refractivity contribution in [1.82, 2.24) is 38.7 Å². The minimum absolute atomic E-state index is 0.0142. The second-order valence-corrected chi connectivity index (χ2v) is 19.8. The molecule has 0 bridgehead atoms. The van der Waals surface area contributed by atoms with Crippen LogP contribution in [0.2, 0.25) is 0 Å². The number of nitrogens with zero attached hydrogens (tertiary/aromatic N) is 7. The van der Waals surface area contributed by atoms with Crippen molar-refractivity contribution < 1.29 is 61.3 Å². The number of ether oxygens (including phenoxy) is 4. The van der Waals surface area contributed by atoms with Gasteiger partial charge in [-0.25, -0.2) is 33.9 Å². The van der Waals surface area contributed by atoms with Crippen LogP contribution in [0.15, 0.2) is 27.6 Å². The Hall–Kier alpha value is -6.15. The molecule has 24 nitrogen and oxygen atoms in total. The number of aliphatic hydroxyl groups excluding tert-OH is 1. The third kappa shape index (κ3) is 14.2. The first-order valence-electron chi connectivity index (χ1n) is 20.9. The SMILES string of the molecule is CCCCOc1cnc(-c2nn(S(=O)(=O)NC(=O)N3C[C@H](NC(=O)/C(=N\OC(C)(C)C(=O)OC(C)(C)C)c4csc(NC(=O)OC(C)(C)C)n4)C3=O)c(=O)n2C[C@@H](C)O)cc1OCCCC. The number of oxime groups is 1. The van der Waals surface area contributed by atoms with Gasteiger partial charge in [0.1, 0.15) is 28.6 Å². The lowest BCUT2D eigenvalue weighted by molar-refractivity contribution is -0.179. The lowest BCUT2D eigenvalue weighted by atomic mass is 10.1. The van der Waals surface area contributed by atoms with Crippen LogP contribution < -0.4 is 30.5 Å². The first kappa shape index (κ1) is 52.5. The van der Waals surface area contributed by atoms with Crippen LogP contribution in [0.5, 0.6) is 11.5 Å². The van der Waals surface area contributed by atoms with E-state index < -0.39 is 93.6 Å². The summed E-state index contributed by atoms with van der Waals surface area (Å²) >= 11 is 0.883. The van der Waals surface area contributed by atoms with Gasteiger partial charge < -0.3 is 34.2 Å². The summed E-state index contributed by atoms with van der Waals surface area (Å²) < 4.78 is 52.0. The van der Waals surface area contributed by atoms with E-state index in [2.05, 4.69) is 30.9 Å². The molecule has 4 rings (SSSR count). The van der Waals surface area contributed by atoms with E-state index in [0.29, 0.717) is 30.3 Å². The van der Waals surface area contributed by atoms with Gasteiger partial charge in [0.25, 0.3) is 11.8 Å². The molecular formula is C40H58N10O14S2. The summed E-state index contributed by atoms with van der Waals surface area (Å²) in [4.78, 5) is 93.5. The van der Waals surface area contributed by atoms with Gasteiger partial charge in [0.05, 0.1) is 38.6 Å². The Morgan fingerprint density at radius 1 is 0.970 bits per heavy atom. The second-order valence-electron chi connectivity index (χ2n) is 17.4. The Kier molecular flexibility index (Phi) is 17.0. The number of anilines is 1. The summed E-state index contributed by atoms with van der Waals surface area (Å²) in [6, 6.07) is -1.49. The molecule has 1 aliphatic rings. The number of aromatic nitrogens is 5. The first-order chi connectivity index (χ1) is 30.7. The maximum Gasteiger partial charge on any atom is 0.413 e. The van der Waals surface area contributed by atoms with E-state index in [4.69, 9.17) is 23.8 Å². The number of hydrogen-bond acceptors (Lipinski definition) is 19. The number of carbonyl (C=O) groups excluding carboxylic acids is 5. The standard InChI is InChI=1S/C40H58N10O14S2/c1-12-14-16-60-27-18-24(41-19-28(27)61-17-15-13-2)30-45-50(37(57)48(30)20-23(3)51)66(58,59)47-35(55)49-21-25(32(49)53)42-31(52)29(46-64-40(10,11)33(54)62-38(4,5)6)26-22-65-34(43-26)44-36(56)63-39(7,8)9/h18-19,22-23,25,51H,12-17,20-21H2,1-11H3,(H,42,52)(H,47,55)(H,43,44,56)/b46-29-/t23-,25+/m1/s1. The van der Waals surface area contributed by atoms with Crippen molar-refractivity contribution in [2.45, 2.75) is 137 Å². The number of pyridine rings is 1. The number of unbranched alkanes of at least 4 members (excludes halogenated alkanes) is 2. The molecule has 1 fully saturated rings. The molecule has 66 heavy (non-hydrogen) atoms. The van der Waals surface area contributed by atoms with E-state index in [1.165, 1.54) is 38.4 Å². The number of esters is 1. The van der Waals surface area contributed by atoms with Gasteiger partial charge >= 0.3 is 34.0 Å². The van der Waals surface area contributed by atoms with Gasteiger partial charge in [0.2, 0.25) is 5.60 Å². The zero-order chi connectivity index (χ0) is 49.4. The molecule has 0 radical (unpaired) electrons. The van der Waals surface area contributed by atoms with Crippen LogP contribution in [0.4, 0.5) is 14.7 Å². The normalized spacial score (nSPS) is 15.0. The number of imide groups is 1. The van der Waals surface area contributed by atoms with Crippen molar-refractivity contribution in [2.24, 2.45) is 5.16 Å².